The highest BCUT2D eigenvalue weighted by Gasteiger charge is 2.33. The lowest BCUT2D eigenvalue weighted by molar-refractivity contribution is -0.138. The zero-order valence-electron chi connectivity index (χ0n) is 13.7. The molecule has 0 saturated carbocycles. The monoisotopic (exact) mass is 372 g/mol. The summed E-state index contributed by atoms with van der Waals surface area (Å²) in [5.41, 5.74) is 1.22. The van der Waals surface area contributed by atoms with E-state index in [-0.39, 0.29) is 30.9 Å². The molecule has 0 unspecified atom stereocenters. The molecule has 0 aromatic heterocycles. The summed E-state index contributed by atoms with van der Waals surface area (Å²) in [6.45, 7) is 1.04. The molecular formula is C18H20ClF3N2O. The summed E-state index contributed by atoms with van der Waals surface area (Å²) >= 11 is 0. The van der Waals surface area contributed by atoms with E-state index in [0.717, 1.165) is 23.7 Å². The average Bonchev–Trinajstić information content (AvgIpc) is 2.54. The fraction of sp³-hybridized carbons (Fsp3) is 0.278. The van der Waals surface area contributed by atoms with Gasteiger partial charge in [-0.3, -0.25) is 4.79 Å². The van der Waals surface area contributed by atoms with Gasteiger partial charge in [-0.25, -0.2) is 0 Å². The van der Waals surface area contributed by atoms with Gasteiger partial charge in [0.2, 0.25) is 5.91 Å². The van der Waals surface area contributed by atoms with Crippen LogP contribution in [-0.4, -0.2) is 13.0 Å². The zero-order chi connectivity index (χ0) is 17.6. The number of hydrogen-bond acceptors (Lipinski definition) is 2. The summed E-state index contributed by atoms with van der Waals surface area (Å²) in [6.07, 6.45) is -4.76. The average molecular weight is 373 g/mol. The van der Waals surface area contributed by atoms with Gasteiger partial charge in [-0.1, -0.05) is 42.5 Å². The molecule has 1 amide bonds. The Balaban J connectivity index is 0.00000312. The SMILES string of the molecule is CNCc1ccc(CNC(=O)Cc2ccccc2C(F)(F)F)cc1.Cl. The molecule has 0 atom stereocenters. The number of rotatable bonds is 6. The molecule has 25 heavy (non-hydrogen) atoms. The minimum Gasteiger partial charge on any atom is -0.352 e. The molecule has 0 fully saturated rings. The van der Waals surface area contributed by atoms with Crippen molar-refractivity contribution in [3.8, 4) is 0 Å². The number of carbonyl (C=O) groups excluding carboxylic acids is 1. The summed E-state index contributed by atoms with van der Waals surface area (Å²) in [7, 11) is 1.85. The molecule has 2 N–H and O–H groups in total. The van der Waals surface area contributed by atoms with Crippen LogP contribution in [0.15, 0.2) is 48.5 Å². The van der Waals surface area contributed by atoms with Crippen molar-refractivity contribution in [2.75, 3.05) is 7.05 Å². The topological polar surface area (TPSA) is 41.1 Å². The third-order valence-electron chi connectivity index (χ3n) is 3.57. The number of halogens is 4. The molecule has 0 heterocycles. The highest BCUT2D eigenvalue weighted by atomic mass is 35.5. The van der Waals surface area contributed by atoms with Crippen molar-refractivity contribution in [3.63, 3.8) is 0 Å². The second-order valence-corrected chi connectivity index (χ2v) is 5.46. The van der Waals surface area contributed by atoms with Gasteiger partial charge in [0.15, 0.2) is 0 Å². The van der Waals surface area contributed by atoms with E-state index in [4.69, 9.17) is 0 Å². The highest BCUT2D eigenvalue weighted by molar-refractivity contribution is 5.85. The van der Waals surface area contributed by atoms with Crippen LogP contribution in [0.4, 0.5) is 13.2 Å². The molecule has 2 aromatic rings. The van der Waals surface area contributed by atoms with Crippen molar-refractivity contribution in [1.29, 1.82) is 0 Å². The van der Waals surface area contributed by atoms with Crippen molar-refractivity contribution in [3.05, 3.63) is 70.8 Å². The van der Waals surface area contributed by atoms with Crippen LogP contribution in [0.3, 0.4) is 0 Å². The highest BCUT2D eigenvalue weighted by Crippen LogP contribution is 2.31. The molecule has 136 valence electrons. The Morgan fingerprint density at radius 3 is 2.08 bits per heavy atom. The van der Waals surface area contributed by atoms with Crippen molar-refractivity contribution in [2.45, 2.75) is 25.7 Å². The first-order valence-electron chi connectivity index (χ1n) is 7.54. The normalized spacial score (nSPS) is 10.9. The summed E-state index contributed by atoms with van der Waals surface area (Å²) in [6, 6.07) is 12.8. The van der Waals surface area contributed by atoms with Crippen LogP contribution in [0, 0.1) is 0 Å². The van der Waals surface area contributed by atoms with Gasteiger partial charge in [0.1, 0.15) is 0 Å². The number of alkyl halides is 3. The lowest BCUT2D eigenvalue weighted by Gasteiger charge is -2.12. The minimum absolute atomic E-state index is 0. The van der Waals surface area contributed by atoms with Crippen LogP contribution >= 0.6 is 12.4 Å². The summed E-state index contributed by atoms with van der Waals surface area (Å²) in [4.78, 5) is 11.9. The third kappa shape index (κ3) is 6.40. The van der Waals surface area contributed by atoms with Gasteiger partial charge in [-0.2, -0.15) is 13.2 Å². The Kier molecular flexibility index (Phi) is 7.93. The number of carbonyl (C=O) groups is 1. The molecule has 0 bridgehead atoms. The Hall–Kier alpha value is -2.05. The molecule has 2 aromatic carbocycles. The number of amides is 1. The van der Waals surface area contributed by atoms with Crippen LogP contribution in [0.5, 0.6) is 0 Å². The third-order valence-corrected chi connectivity index (χ3v) is 3.57. The van der Waals surface area contributed by atoms with Crippen LogP contribution in [0.1, 0.15) is 22.3 Å². The van der Waals surface area contributed by atoms with E-state index in [1.54, 1.807) is 0 Å². The van der Waals surface area contributed by atoms with Crippen LogP contribution < -0.4 is 10.6 Å². The second kappa shape index (κ2) is 9.44. The summed E-state index contributed by atoms with van der Waals surface area (Å²) < 4.78 is 38.7. The van der Waals surface area contributed by atoms with E-state index in [9.17, 15) is 18.0 Å². The molecule has 2 rings (SSSR count). The van der Waals surface area contributed by atoms with E-state index in [2.05, 4.69) is 10.6 Å². The van der Waals surface area contributed by atoms with E-state index >= 15 is 0 Å². The molecule has 0 spiro atoms. The Bertz CT molecular complexity index is 687. The van der Waals surface area contributed by atoms with Crippen LogP contribution in [0.25, 0.3) is 0 Å². The van der Waals surface area contributed by atoms with Crippen molar-refractivity contribution >= 4 is 18.3 Å². The van der Waals surface area contributed by atoms with Gasteiger partial charge in [0, 0.05) is 13.1 Å². The summed E-state index contributed by atoms with van der Waals surface area (Å²) in [5.74, 6) is -0.439. The van der Waals surface area contributed by atoms with Gasteiger partial charge in [0.25, 0.3) is 0 Å². The van der Waals surface area contributed by atoms with Gasteiger partial charge >= 0.3 is 6.18 Å². The van der Waals surface area contributed by atoms with Gasteiger partial charge in [-0.05, 0) is 29.8 Å². The maximum Gasteiger partial charge on any atom is 0.416 e. The standard InChI is InChI=1S/C18H19F3N2O.ClH/c1-22-11-13-6-8-14(9-7-13)12-23-17(24)10-15-4-2-3-5-16(15)18(19,20)21;/h2-9,22H,10-12H2,1H3,(H,23,24);1H. The first kappa shape index (κ1) is 21.0. The fourth-order valence-corrected chi connectivity index (χ4v) is 2.37. The summed E-state index contributed by atoms with van der Waals surface area (Å²) in [5, 5.41) is 5.69. The molecular weight excluding hydrogens is 353 g/mol. The molecule has 3 nitrogen and oxygen atoms in total. The first-order chi connectivity index (χ1) is 11.4. The Labute approximate surface area is 151 Å². The van der Waals surface area contributed by atoms with Gasteiger partial charge < -0.3 is 10.6 Å². The zero-order valence-corrected chi connectivity index (χ0v) is 14.5. The predicted octanol–water partition coefficient (Wildman–Crippen LogP) is 3.71. The lowest BCUT2D eigenvalue weighted by atomic mass is 10.0. The largest absolute Gasteiger partial charge is 0.416 e. The predicted molar refractivity (Wildman–Crippen MR) is 93.4 cm³/mol. The number of hydrogen-bond donors (Lipinski definition) is 2. The molecule has 0 aliphatic carbocycles. The van der Waals surface area contributed by atoms with E-state index < -0.39 is 17.6 Å². The Morgan fingerprint density at radius 1 is 0.960 bits per heavy atom. The van der Waals surface area contributed by atoms with Crippen molar-refractivity contribution < 1.29 is 18.0 Å². The molecule has 0 aliphatic heterocycles. The fourth-order valence-electron chi connectivity index (χ4n) is 2.37. The van der Waals surface area contributed by atoms with Gasteiger partial charge in [0.05, 0.1) is 12.0 Å². The second-order valence-electron chi connectivity index (χ2n) is 5.46. The molecule has 7 heteroatoms. The number of nitrogens with one attached hydrogen (secondary N) is 2. The first-order valence-corrected chi connectivity index (χ1v) is 7.54. The van der Waals surface area contributed by atoms with E-state index in [0.29, 0.717) is 0 Å². The smallest absolute Gasteiger partial charge is 0.352 e. The maximum absolute atomic E-state index is 12.9. The van der Waals surface area contributed by atoms with Crippen molar-refractivity contribution in [1.82, 2.24) is 10.6 Å². The molecule has 0 aliphatic rings. The quantitative estimate of drug-likeness (QED) is 0.811. The molecule has 0 saturated heterocycles. The van der Waals surface area contributed by atoms with Crippen molar-refractivity contribution in [2.24, 2.45) is 0 Å². The van der Waals surface area contributed by atoms with E-state index in [1.165, 1.54) is 18.2 Å². The molecule has 0 radical (unpaired) electrons. The minimum atomic E-state index is -4.46. The van der Waals surface area contributed by atoms with Gasteiger partial charge in [-0.15, -0.1) is 12.4 Å². The number of benzene rings is 2. The maximum atomic E-state index is 12.9. The Morgan fingerprint density at radius 2 is 1.52 bits per heavy atom. The van der Waals surface area contributed by atoms with Crippen LogP contribution in [0.2, 0.25) is 0 Å². The van der Waals surface area contributed by atoms with E-state index in [1.807, 2.05) is 31.3 Å². The van der Waals surface area contributed by atoms with Crippen LogP contribution in [-0.2, 0) is 30.5 Å². The lowest BCUT2D eigenvalue weighted by Crippen LogP contribution is -2.25.